The molecule has 1 aliphatic rings. The van der Waals surface area contributed by atoms with E-state index in [9.17, 15) is 13.6 Å². The Morgan fingerprint density at radius 3 is 2.73 bits per heavy atom. The van der Waals surface area contributed by atoms with Crippen LogP contribution in [0.2, 0.25) is 0 Å². The highest BCUT2D eigenvalue weighted by Crippen LogP contribution is 2.38. The lowest BCUT2D eigenvalue weighted by Crippen LogP contribution is -2.29. The first kappa shape index (κ1) is 16.6. The van der Waals surface area contributed by atoms with Gasteiger partial charge in [0.05, 0.1) is 24.8 Å². The second kappa shape index (κ2) is 6.99. The molecule has 1 aromatic heterocycles. The molecule has 9 heteroatoms. The molecule has 22 heavy (non-hydrogen) atoms. The molecule has 2 unspecified atom stereocenters. The molecule has 1 fully saturated rings. The van der Waals surface area contributed by atoms with E-state index in [1.165, 1.54) is 6.20 Å². The van der Waals surface area contributed by atoms with Crippen molar-refractivity contribution in [1.82, 2.24) is 9.55 Å². The third-order valence-corrected chi connectivity index (χ3v) is 3.33. The zero-order valence-corrected chi connectivity index (χ0v) is 13.1. The van der Waals surface area contributed by atoms with Crippen LogP contribution in [0.25, 0.3) is 0 Å². The lowest BCUT2D eigenvalue weighted by atomic mass is 10.1. The van der Waals surface area contributed by atoms with E-state index in [0.717, 1.165) is 4.57 Å². The Morgan fingerprint density at radius 1 is 1.50 bits per heavy atom. The van der Waals surface area contributed by atoms with Gasteiger partial charge in [0.1, 0.15) is 11.9 Å². The first-order valence-corrected chi connectivity index (χ1v) is 7.02. The van der Waals surface area contributed by atoms with Crippen molar-refractivity contribution in [2.75, 3.05) is 12.3 Å². The molecule has 0 saturated carbocycles. The lowest BCUT2D eigenvalue weighted by Gasteiger charge is -2.15. The fourth-order valence-corrected chi connectivity index (χ4v) is 2.32. The molecule has 1 saturated heterocycles. The lowest BCUT2D eigenvalue weighted by molar-refractivity contribution is -0.00861. The van der Waals surface area contributed by atoms with Crippen LogP contribution in [0.15, 0.2) is 34.8 Å². The highest BCUT2D eigenvalue weighted by Gasteiger charge is 2.37. The van der Waals surface area contributed by atoms with Gasteiger partial charge in [-0.15, -0.1) is 0 Å². The number of aliphatic hydroxyl groups excluding tert-OH is 1. The van der Waals surface area contributed by atoms with Crippen molar-refractivity contribution in [2.24, 2.45) is 0 Å². The summed E-state index contributed by atoms with van der Waals surface area (Å²) in [7, 11) is 0. The number of nitrogens with zero attached hydrogens (tertiary/aromatic N) is 2. The molecular weight excluding hydrogens is 411 g/mol. The maximum Gasteiger partial charge on any atom is 0.351 e. The topological polar surface area (TPSA) is 90.4 Å². The van der Waals surface area contributed by atoms with E-state index in [1.54, 1.807) is 22.6 Å². The molecule has 0 aliphatic carbocycles. The summed E-state index contributed by atoms with van der Waals surface area (Å²) in [5, 5.41) is 9.17. The average molecular weight is 421 g/mol. The zero-order valence-electron chi connectivity index (χ0n) is 11.0. The van der Waals surface area contributed by atoms with E-state index in [1.807, 2.05) is 0 Å². The fraction of sp³-hybridized carbons (Fsp3) is 0.231. The number of aliphatic hydroxyl groups is 1. The number of nitrogens with two attached hydrogens (primary N) is 1. The summed E-state index contributed by atoms with van der Waals surface area (Å²) in [4.78, 5) is 15.5. The highest BCUT2D eigenvalue weighted by molar-refractivity contribution is 14.1. The summed E-state index contributed by atoms with van der Waals surface area (Å²) in [5.41, 5.74) is 4.62. The molecule has 116 valence electrons. The molecule has 2 heterocycles. The molecule has 1 aromatic rings. The minimum Gasteiger partial charge on any atom is -0.393 e. The van der Waals surface area contributed by atoms with Gasteiger partial charge in [-0.3, -0.25) is 4.57 Å². The average Bonchev–Trinajstić information content (AvgIpc) is 2.87. The van der Waals surface area contributed by atoms with Crippen LogP contribution in [0, 0.1) is 9.85 Å². The van der Waals surface area contributed by atoms with Gasteiger partial charge in [-0.2, -0.15) is 4.98 Å². The Morgan fingerprint density at radius 2 is 2.18 bits per heavy atom. The molecule has 0 radical (unpaired) electrons. The summed E-state index contributed by atoms with van der Waals surface area (Å²) in [5.74, 6) is 2.56. The van der Waals surface area contributed by atoms with Crippen LogP contribution in [0.1, 0.15) is 11.8 Å². The number of rotatable bonds is 2. The number of ether oxygens (including phenoxy) is 1. The van der Waals surface area contributed by atoms with Crippen LogP contribution < -0.4 is 11.4 Å². The van der Waals surface area contributed by atoms with Crippen molar-refractivity contribution in [1.29, 1.82) is 0 Å². The minimum atomic E-state index is -1.26. The van der Waals surface area contributed by atoms with Gasteiger partial charge >= 0.3 is 5.69 Å². The fourth-order valence-electron chi connectivity index (χ4n) is 2.03. The molecule has 2 atom stereocenters. The Labute approximate surface area is 137 Å². The molecule has 0 spiro atoms. The summed E-state index contributed by atoms with van der Waals surface area (Å²) in [6.07, 6.45) is -0.841. The van der Waals surface area contributed by atoms with E-state index in [2.05, 4.69) is 14.8 Å². The van der Waals surface area contributed by atoms with E-state index in [-0.39, 0.29) is 35.2 Å². The number of anilines is 1. The van der Waals surface area contributed by atoms with Crippen LogP contribution in [-0.4, -0.2) is 27.4 Å². The van der Waals surface area contributed by atoms with Crippen molar-refractivity contribution in [3.05, 3.63) is 46.1 Å². The Kier molecular flexibility index (Phi) is 5.28. The van der Waals surface area contributed by atoms with Crippen molar-refractivity contribution in [3.63, 3.8) is 0 Å². The number of hydrogen-bond acceptors (Lipinski definition) is 5. The van der Waals surface area contributed by atoms with Crippen LogP contribution >= 0.6 is 22.6 Å². The predicted molar refractivity (Wildman–Crippen MR) is 83.2 cm³/mol. The van der Waals surface area contributed by atoms with Gasteiger partial charge in [0.2, 0.25) is 0 Å². The summed E-state index contributed by atoms with van der Waals surface area (Å²) < 4.78 is 34.9. The smallest absolute Gasteiger partial charge is 0.351 e. The summed E-state index contributed by atoms with van der Waals surface area (Å²) in [6.45, 7) is -0.568. The van der Waals surface area contributed by atoms with E-state index >= 15 is 0 Å². The molecule has 6 nitrogen and oxygen atoms in total. The standard InChI is InChI=1S/C13H10F2IN3O3/c14-3-8-9(4-15)12(22-10(8)6-20)19-5-7(1-2-16)11(17)18-13(19)21/h3-5,10,12,20H,6H2,(H2,17,18,21). The molecule has 1 aliphatic heterocycles. The number of halogens is 3. The molecule has 0 bridgehead atoms. The van der Waals surface area contributed by atoms with Gasteiger partial charge in [-0.1, -0.05) is 5.92 Å². The number of hydrogen-bond donors (Lipinski definition) is 2. The Bertz CT molecular complexity index is 764. The van der Waals surface area contributed by atoms with Crippen molar-refractivity contribution in [2.45, 2.75) is 12.3 Å². The second-order valence-electron chi connectivity index (χ2n) is 4.24. The zero-order chi connectivity index (χ0) is 16.3. The molecule has 3 N–H and O–H groups in total. The largest absolute Gasteiger partial charge is 0.393 e. The number of nitrogen functional groups attached to an aromatic ring is 1. The minimum absolute atomic E-state index is 0.0749. The maximum absolute atomic E-state index is 13.1. The van der Waals surface area contributed by atoms with Crippen molar-refractivity contribution in [3.8, 4) is 9.85 Å². The van der Waals surface area contributed by atoms with Crippen LogP contribution in [0.4, 0.5) is 14.6 Å². The van der Waals surface area contributed by atoms with Gasteiger partial charge in [0.15, 0.2) is 6.23 Å². The van der Waals surface area contributed by atoms with Gasteiger partial charge in [-0.05, 0) is 3.93 Å². The predicted octanol–water partition coefficient (Wildman–Crippen LogP) is 1.17. The summed E-state index contributed by atoms with van der Waals surface area (Å²) in [6, 6.07) is 0. The van der Waals surface area contributed by atoms with Gasteiger partial charge in [0, 0.05) is 39.9 Å². The quantitative estimate of drug-likeness (QED) is 0.553. The van der Waals surface area contributed by atoms with Crippen molar-refractivity contribution >= 4 is 28.4 Å². The van der Waals surface area contributed by atoms with Gasteiger partial charge in [0.25, 0.3) is 0 Å². The molecule has 0 amide bonds. The van der Waals surface area contributed by atoms with Crippen LogP contribution in [0.3, 0.4) is 0 Å². The van der Waals surface area contributed by atoms with E-state index < -0.39 is 24.6 Å². The SMILES string of the molecule is Nc1nc(=O)n(C2OC(CO)C(=CF)C2=CF)cc1C#CI. The first-order valence-electron chi connectivity index (χ1n) is 5.94. The van der Waals surface area contributed by atoms with Gasteiger partial charge < -0.3 is 15.6 Å². The monoisotopic (exact) mass is 421 g/mol. The van der Waals surface area contributed by atoms with Gasteiger partial charge in [-0.25, -0.2) is 13.6 Å². The van der Waals surface area contributed by atoms with E-state index in [4.69, 9.17) is 15.6 Å². The highest BCUT2D eigenvalue weighted by atomic mass is 127. The molecule has 0 aromatic carbocycles. The second-order valence-corrected chi connectivity index (χ2v) is 4.78. The first-order chi connectivity index (χ1) is 10.6. The summed E-state index contributed by atoms with van der Waals surface area (Å²) >= 11 is 1.78. The maximum atomic E-state index is 13.1. The van der Waals surface area contributed by atoms with Crippen LogP contribution in [-0.2, 0) is 4.74 Å². The normalized spacial score (nSPS) is 24.5. The third kappa shape index (κ3) is 2.90. The van der Waals surface area contributed by atoms with Crippen molar-refractivity contribution < 1.29 is 18.6 Å². The third-order valence-electron chi connectivity index (χ3n) is 3.06. The Hall–Kier alpha value is -1.77. The van der Waals surface area contributed by atoms with Crippen LogP contribution in [0.5, 0.6) is 0 Å². The Balaban J connectivity index is 2.58. The van der Waals surface area contributed by atoms with E-state index in [0.29, 0.717) is 0 Å². The molecule has 2 rings (SSSR count). The molecular formula is C13H10F2IN3O3. The number of aromatic nitrogens is 2.